The predicted molar refractivity (Wildman–Crippen MR) is 120 cm³/mol. The van der Waals surface area contributed by atoms with Crippen molar-refractivity contribution in [3.8, 4) is 5.75 Å². The van der Waals surface area contributed by atoms with Gasteiger partial charge in [-0.25, -0.2) is 0 Å². The molecular formula is C24H31ClN2O2. The number of nitrogens with one attached hydrogen (secondary N) is 1. The van der Waals surface area contributed by atoms with Gasteiger partial charge in [-0.3, -0.25) is 4.79 Å². The maximum absolute atomic E-state index is 12.8. The van der Waals surface area contributed by atoms with Crippen LogP contribution in [0.15, 0.2) is 42.5 Å². The largest absolute Gasteiger partial charge is 0.506 e. The molecule has 4 nitrogen and oxygen atoms in total. The number of phenolic OH excluding ortho intramolecular Hbond substituents is 1. The first-order valence-electron chi connectivity index (χ1n) is 10.5. The van der Waals surface area contributed by atoms with Crippen molar-refractivity contribution in [3.05, 3.63) is 58.6 Å². The van der Waals surface area contributed by atoms with Crippen LogP contribution in [0.4, 0.5) is 5.69 Å². The van der Waals surface area contributed by atoms with Crippen LogP contribution in [-0.2, 0) is 11.2 Å². The van der Waals surface area contributed by atoms with Crippen LogP contribution in [0.3, 0.4) is 0 Å². The van der Waals surface area contributed by atoms with E-state index in [-0.39, 0.29) is 29.1 Å². The predicted octanol–water partition coefficient (Wildman–Crippen LogP) is 5.48. The lowest BCUT2D eigenvalue weighted by Crippen LogP contribution is -2.34. The van der Waals surface area contributed by atoms with Crippen molar-refractivity contribution in [2.45, 2.75) is 52.0 Å². The molecule has 0 saturated carbocycles. The molecule has 0 aromatic heterocycles. The Morgan fingerprint density at radius 2 is 1.86 bits per heavy atom. The molecule has 0 bridgehead atoms. The van der Waals surface area contributed by atoms with Gasteiger partial charge in [0.15, 0.2) is 0 Å². The maximum atomic E-state index is 12.8. The number of amides is 1. The van der Waals surface area contributed by atoms with E-state index in [1.807, 2.05) is 0 Å². The van der Waals surface area contributed by atoms with E-state index >= 15 is 0 Å². The van der Waals surface area contributed by atoms with E-state index < -0.39 is 0 Å². The van der Waals surface area contributed by atoms with E-state index in [1.54, 1.807) is 12.1 Å². The number of para-hydroxylation sites is 1. The van der Waals surface area contributed by atoms with Gasteiger partial charge in [0, 0.05) is 18.8 Å². The van der Waals surface area contributed by atoms with Crippen molar-refractivity contribution in [1.82, 2.24) is 5.32 Å². The molecule has 1 aliphatic heterocycles. The van der Waals surface area contributed by atoms with Gasteiger partial charge in [-0.2, -0.15) is 0 Å². The van der Waals surface area contributed by atoms with E-state index in [4.69, 9.17) is 11.6 Å². The summed E-state index contributed by atoms with van der Waals surface area (Å²) in [6.45, 7) is 6.52. The van der Waals surface area contributed by atoms with Crippen molar-refractivity contribution < 1.29 is 9.90 Å². The van der Waals surface area contributed by atoms with Gasteiger partial charge in [-0.05, 0) is 60.9 Å². The minimum absolute atomic E-state index is 0.0315. The molecule has 0 radical (unpaired) electrons. The van der Waals surface area contributed by atoms with Crippen LogP contribution in [-0.4, -0.2) is 24.1 Å². The Morgan fingerprint density at radius 3 is 2.55 bits per heavy atom. The Hall–Kier alpha value is -2.20. The minimum atomic E-state index is -0.0362. The molecule has 3 rings (SSSR count). The first-order valence-corrected chi connectivity index (χ1v) is 10.9. The Morgan fingerprint density at radius 1 is 1.14 bits per heavy atom. The van der Waals surface area contributed by atoms with E-state index in [0.717, 1.165) is 25.1 Å². The number of halogens is 1. The number of hydrogen-bond donors (Lipinski definition) is 2. The van der Waals surface area contributed by atoms with Crippen LogP contribution in [0.2, 0.25) is 5.02 Å². The first-order chi connectivity index (χ1) is 13.9. The summed E-state index contributed by atoms with van der Waals surface area (Å²) in [4.78, 5) is 15.3. The second kappa shape index (κ2) is 10.0. The van der Waals surface area contributed by atoms with E-state index in [0.29, 0.717) is 5.92 Å². The lowest BCUT2D eigenvalue weighted by Gasteiger charge is -2.33. The smallest absolute Gasteiger partial charge is 0.224 e. The lowest BCUT2D eigenvalue weighted by atomic mass is 9.94. The summed E-state index contributed by atoms with van der Waals surface area (Å²) in [6.07, 6.45) is 4.85. The molecule has 29 heavy (non-hydrogen) atoms. The van der Waals surface area contributed by atoms with Gasteiger partial charge < -0.3 is 15.3 Å². The molecule has 2 aromatic rings. The van der Waals surface area contributed by atoms with E-state index in [2.05, 4.69) is 48.3 Å². The normalized spacial score (nSPS) is 15.4. The highest BCUT2D eigenvalue weighted by molar-refractivity contribution is 6.32. The summed E-state index contributed by atoms with van der Waals surface area (Å²) < 4.78 is 0. The average molecular weight is 415 g/mol. The zero-order valence-electron chi connectivity index (χ0n) is 17.3. The highest BCUT2D eigenvalue weighted by Gasteiger charge is 2.22. The highest BCUT2D eigenvalue weighted by Crippen LogP contribution is 2.32. The highest BCUT2D eigenvalue weighted by atomic mass is 35.5. The molecule has 2 N–H and O–H groups in total. The molecule has 1 aliphatic rings. The molecular weight excluding hydrogens is 384 g/mol. The number of phenols is 1. The first kappa shape index (κ1) is 21.5. The van der Waals surface area contributed by atoms with Crippen molar-refractivity contribution in [1.29, 1.82) is 0 Å². The maximum Gasteiger partial charge on any atom is 0.224 e. The van der Waals surface area contributed by atoms with Crippen molar-refractivity contribution in [2.75, 3.05) is 18.0 Å². The SMILES string of the molecule is CC(C)CC(NC(=O)Cc1ccc(O)c(Cl)c1)c1ccccc1N1CCCCC1. The Labute approximate surface area is 178 Å². The summed E-state index contributed by atoms with van der Waals surface area (Å²) in [5.74, 6) is 0.452. The molecule has 0 aliphatic carbocycles. The molecule has 1 fully saturated rings. The van der Waals surface area contributed by atoms with Crippen molar-refractivity contribution in [3.63, 3.8) is 0 Å². The fourth-order valence-corrected chi connectivity index (χ4v) is 4.23. The van der Waals surface area contributed by atoms with Crippen LogP contribution in [0.1, 0.15) is 56.7 Å². The topological polar surface area (TPSA) is 52.6 Å². The second-order valence-electron chi connectivity index (χ2n) is 8.32. The zero-order chi connectivity index (χ0) is 20.8. The van der Waals surface area contributed by atoms with Crippen molar-refractivity contribution in [2.24, 2.45) is 5.92 Å². The molecule has 0 spiro atoms. The molecule has 1 saturated heterocycles. The van der Waals surface area contributed by atoms with Crippen LogP contribution in [0, 0.1) is 5.92 Å². The number of piperidine rings is 1. The molecule has 156 valence electrons. The van der Waals surface area contributed by atoms with Gasteiger partial charge in [0.2, 0.25) is 5.91 Å². The van der Waals surface area contributed by atoms with E-state index in [1.165, 1.54) is 36.6 Å². The third-order valence-corrected chi connectivity index (χ3v) is 5.73. The summed E-state index contributed by atoms with van der Waals surface area (Å²) in [5.41, 5.74) is 3.23. The van der Waals surface area contributed by atoms with Gasteiger partial charge in [0.05, 0.1) is 17.5 Å². The number of nitrogens with zero attached hydrogens (tertiary/aromatic N) is 1. The summed E-state index contributed by atoms with van der Waals surface area (Å²) >= 11 is 5.99. The van der Waals surface area contributed by atoms with Crippen molar-refractivity contribution >= 4 is 23.2 Å². The standard InChI is InChI=1S/C24H31ClN2O2/c1-17(2)14-21(26-24(29)16-18-10-11-23(28)20(25)15-18)19-8-4-5-9-22(19)27-12-6-3-7-13-27/h4-5,8-11,15,17,21,28H,3,6-7,12-14,16H2,1-2H3,(H,26,29). The van der Waals surface area contributed by atoms with Crippen LogP contribution < -0.4 is 10.2 Å². The number of rotatable bonds is 7. The quantitative estimate of drug-likeness (QED) is 0.630. The number of anilines is 1. The molecule has 1 amide bonds. The van der Waals surface area contributed by atoms with Gasteiger partial charge in [-0.15, -0.1) is 0 Å². The number of carbonyl (C=O) groups is 1. The van der Waals surface area contributed by atoms with Gasteiger partial charge in [0.25, 0.3) is 0 Å². The summed E-state index contributed by atoms with van der Waals surface area (Å²) in [7, 11) is 0. The van der Waals surface area contributed by atoms with Gasteiger partial charge >= 0.3 is 0 Å². The average Bonchev–Trinajstić information content (AvgIpc) is 2.70. The molecule has 1 heterocycles. The van der Waals surface area contributed by atoms with Crippen LogP contribution >= 0.6 is 11.6 Å². The van der Waals surface area contributed by atoms with Gasteiger partial charge in [0.1, 0.15) is 5.75 Å². The summed E-state index contributed by atoms with van der Waals surface area (Å²) in [5, 5.41) is 13.1. The number of aromatic hydroxyl groups is 1. The molecule has 5 heteroatoms. The van der Waals surface area contributed by atoms with Crippen LogP contribution in [0.5, 0.6) is 5.75 Å². The molecule has 2 aromatic carbocycles. The Balaban J connectivity index is 1.79. The number of benzene rings is 2. The molecule has 1 unspecified atom stereocenters. The zero-order valence-corrected chi connectivity index (χ0v) is 18.1. The Kier molecular flexibility index (Phi) is 7.43. The second-order valence-corrected chi connectivity index (χ2v) is 8.73. The lowest BCUT2D eigenvalue weighted by molar-refractivity contribution is -0.121. The molecule has 1 atom stereocenters. The minimum Gasteiger partial charge on any atom is -0.506 e. The number of hydrogen-bond acceptors (Lipinski definition) is 3. The third-order valence-electron chi connectivity index (χ3n) is 5.43. The van der Waals surface area contributed by atoms with Gasteiger partial charge in [-0.1, -0.05) is 49.7 Å². The fraction of sp³-hybridized carbons (Fsp3) is 0.458. The van der Waals surface area contributed by atoms with E-state index in [9.17, 15) is 9.90 Å². The summed E-state index contributed by atoms with van der Waals surface area (Å²) in [6, 6.07) is 13.3. The third kappa shape index (κ3) is 5.89. The monoisotopic (exact) mass is 414 g/mol. The van der Waals surface area contributed by atoms with Crippen LogP contribution in [0.25, 0.3) is 0 Å². The Bertz CT molecular complexity index is 831. The number of carbonyl (C=O) groups excluding carboxylic acids is 1. The fourth-order valence-electron chi connectivity index (χ4n) is 4.03.